The molecule has 0 saturated heterocycles. The van der Waals surface area contributed by atoms with Gasteiger partial charge in [-0.2, -0.15) is 16.4 Å². The van der Waals surface area contributed by atoms with Crippen molar-refractivity contribution in [3.63, 3.8) is 0 Å². The van der Waals surface area contributed by atoms with Gasteiger partial charge in [-0.3, -0.25) is 9.48 Å². The molecule has 0 radical (unpaired) electrons. The summed E-state index contributed by atoms with van der Waals surface area (Å²) in [6, 6.07) is 9.94. The molecule has 0 aliphatic heterocycles. The van der Waals surface area contributed by atoms with Crippen molar-refractivity contribution in [1.82, 2.24) is 15.1 Å². The summed E-state index contributed by atoms with van der Waals surface area (Å²) in [7, 11) is 1.65. The predicted molar refractivity (Wildman–Crippen MR) is 109 cm³/mol. The van der Waals surface area contributed by atoms with Crippen LogP contribution in [0.4, 0.5) is 0 Å². The van der Waals surface area contributed by atoms with Gasteiger partial charge in [0.25, 0.3) is 0 Å². The van der Waals surface area contributed by atoms with E-state index in [9.17, 15) is 4.79 Å². The van der Waals surface area contributed by atoms with Gasteiger partial charge in [-0.05, 0) is 60.4 Å². The zero-order chi connectivity index (χ0) is 19.2. The van der Waals surface area contributed by atoms with E-state index in [4.69, 9.17) is 4.74 Å². The normalized spacial score (nSPS) is 10.8. The number of ether oxygens (including phenoxy) is 1. The van der Waals surface area contributed by atoms with Crippen molar-refractivity contribution in [3.8, 4) is 16.9 Å². The first-order valence-corrected chi connectivity index (χ1v) is 9.99. The summed E-state index contributed by atoms with van der Waals surface area (Å²) in [4.78, 5) is 12.1. The highest BCUT2D eigenvalue weighted by Gasteiger charge is 2.13. The number of hydrogen-bond donors (Lipinski definition) is 1. The second-order valence-corrected chi connectivity index (χ2v) is 7.26. The molecule has 0 spiro atoms. The predicted octanol–water partition coefficient (Wildman–Crippen LogP) is 3.99. The van der Waals surface area contributed by atoms with E-state index >= 15 is 0 Å². The zero-order valence-electron chi connectivity index (χ0n) is 16.0. The van der Waals surface area contributed by atoms with Crippen molar-refractivity contribution in [3.05, 3.63) is 58.0 Å². The second kappa shape index (κ2) is 8.86. The van der Waals surface area contributed by atoms with Crippen LogP contribution in [0.15, 0.2) is 41.1 Å². The molecular weight excluding hydrogens is 358 g/mol. The number of carbonyl (C=O) groups excluding carboxylic acids is 1. The molecule has 1 aromatic carbocycles. The first-order chi connectivity index (χ1) is 13.1. The first kappa shape index (κ1) is 19.2. The van der Waals surface area contributed by atoms with Crippen LogP contribution >= 0.6 is 11.3 Å². The number of carbonyl (C=O) groups is 1. The fraction of sp³-hybridized carbons (Fsp3) is 0.333. The van der Waals surface area contributed by atoms with Crippen molar-refractivity contribution in [2.45, 2.75) is 33.2 Å². The van der Waals surface area contributed by atoms with Crippen molar-refractivity contribution < 1.29 is 9.53 Å². The van der Waals surface area contributed by atoms with Crippen LogP contribution in [-0.2, 0) is 17.8 Å². The minimum Gasteiger partial charge on any atom is -0.497 e. The Bertz CT molecular complexity index is 883. The van der Waals surface area contributed by atoms with Gasteiger partial charge in [-0.25, -0.2) is 0 Å². The van der Waals surface area contributed by atoms with Gasteiger partial charge in [0.2, 0.25) is 5.91 Å². The van der Waals surface area contributed by atoms with Crippen LogP contribution in [0.5, 0.6) is 5.75 Å². The van der Waals surface area contributed by atoms with E-state index in [1.807, 2.05) is 35.9 Å². The summed E-state index contributed by atoms with van der Waals surface area (Å²) < 4.78 is 7.12. The third kappa shape index (κ3) is 4.77. The third-order valence-corrected chi connectivity index (χ3v) is 5.32. The minimum absolute atomic E-state index is 0.0606. The average Bonchev–Trinajstić information content (AvgIpc) is 3.28. The molecule has 6 heteroatoms. The number of nitrogens with one attached hydrogen (secondary N) is 1. The summed E-state index contributed by atoms with van der Waals surface area (Å²) in [6.07, 6.45) is 1.20. The van der Waals surface area contributed by atoms with Crippen molar-refractivity contribution >= 4 is 17.2 Å². The van der Waals surface area contributed by atoms with E-state index in [-0.39, 0.29) is 5.91 Å². The number of thiophene rings is 1. The van der Waals surface area contributed by atoms with Gasteiger partial charge in [0.05, 0.1) is 19.3 Å². The van der Waals surface area contributed by atoms with Crippen molar-refractivity contribution in [1.29, 1.82) is 0 Å². The maximum Gasteiger partial charge on any atom is 0.220 e. The summed E-state index contributed by atoms with van der Waals surface area (Å²) in [5.41, 5.74) is 5.70. The second-order valence-electron chi connectivity index (χ2n) is 6.48. The van der Waals surface area contributed by atoms with Crippen molar-refractivity contribution in [2.24, 2.45) is 0 Å². The molecule has 2 heterocycles. The molecule has 1 amide bonds. The smallest absolute Gasteiger partial charge is 0.220 e. The molecule has 3 rings (SSSR count). The molecule has 1 N–H and O–H groups in total. The highest BCUT2D eigenvalue weighted by molar-refractivity contribution is 7.08. The van der Waals surface area contributed by atoms with E-state index < -0.39 is 0 Å². The fourth-order valence-electron chi connectivity index (χ4n) is 3.18. The van der Waals surface area contributed by atoms with E-state index in [0.717, 1.165) is 29.1 Å². The number of nitrogens with zero attached hydrogens (tertiary/aromatic N) is 2. The maximum absolute atomic E-state index is 12.1. The van der Waals surface area contributed by atoms with Crippen LogP contribution < -0.4 is 10.1 Å². The van der Waals surface area contributed by atoms with Crippen LogP contribution in [0.1, 0.15) is 23.4 Å². The topological polar surface area (TPSA) is 56.1 Å². The quantitative estimate of drug-likeness (QED) is 0.640. The highest BCUT2D eigenvalue weighted by Crippen LogP contribution is 2.28. The number of hydrogen-bond acceptors (Lipinski definition) is 4. The number of benzene rings is 1. The van der Waals surface area contributed by atoms with Gasteiger partial charge in [-0.1, -0.05) is 12.1 Å². The van der Waals surface area contributed by atoms with Crippen LogP contribution in [0, 0.1) is 13.8 Å². The Morgan fingerprint density at radius 1 is 1.22 bits per heavy atom. The molecular formula is C21H25N3O2S. The average molecular weight is 384 g/mol. The lowest BCUT2D eigenvalue weighted by Gasteiger charge is -2.08. The number of rotatable bonds is 8. The maximum atomic E-state index is 12.1. The number of aromatic nitrogens is 2. The standard InChI is InChI=1S/C21H25N3O2S/c1-15-21(18-10-13-27-14-18)16(2)24(23-15)12-11-22-20(25)9-6-17-4-7-19(26-3)8-5-17/h4-5,7-8,10,13-14H,6,9,11-12H2,1-3H3,(H,22,25). The Morgan fingerprint density at radius 2 is 2.00 bits per heavy atom. The summed E-state index contributed by atoms with van der Waals surface area (Å²) in [5, 5.41) is 11.8. The lowest BCUT2D eigenvalue weighted by Crippen LogP contribution is -2.28. The Balaban J connectivity index is 1.48. The number of aryl methyl sites for hydroxylation is 2. The molecule has 0 aliphatic carbocycles. The van der Waals surface area contributed by atoms with Crippen LogP contribution in [-0.4, -0.2) is 29.3 Å². The van der Waals surface area contributed by atoms with E-state index in [2.05, 4.69) is 34.2 Å². The third-order valence-electron chi connectivity index (χ3n) is 4.64. The molecule has 142 valence electrons. The van der Waals surface area contributed by atoms with Gasteiger partial charge in [0.15, 0.2) is 0 Å². The van der Waals surface area contributed by atoms with E-state index in [1.165, 1.54) is 11.1 Å². The number of amides is 1. The van der Waals surface area contributed by atoms with Crippen LogP contribution in [0.2, 0.25) is 0 Å². The SMILES string of the molecule is COc1ccc(CCC(=O)NCCn2nc(C)c(-c3ccsc3)c2C)cc1. The van der Waals surface area contributed by atoms with E-state index in [0.29, 0.717) is 19.5 Å². The molecule has 0 saturated carbocycles. The molecule has 2 aromatic heterocycles. The Kier molecular flexibility index (Phi) is 6.29. The minimum atomic E-state index is 0.0606. The monoisotopic (exact) mass is 383 g/mol. The molecule has 0 atom stereocenters. The molecule has 5 nitrogen and oxygen atoms in total. The number of methoxy groups -OCH3 is 1. The van der Waals surface area contributed by atoms with Crippen molar-refractivity contribution in [2.75, 3.05) is 13.7 Å². The van der Waals surface area contributed by atoms with Crippen LogP contribution in [0.3, 0.4) is 0 Å². The van der Waals surface area contributed by atoms with Crippen LogP contribution in [0.25, 0.3) is 11.1 Å². The zero-order valence-corrected chi connectivity index (χ0v) is 16.8. The lowest BCUT2D eigenvalue weighted by molar-refractivity contribution is -0.121. The van der Waals surface area contributed by atoms with Gasteiger partial charge in [0, 0.05) is 24.2 Å². The summed E-state index contributed by atoms with van der Waals surface area (Å²) >= 11 is 1.69. The molecule has 0 aliphatic rings. The van der Waals surface area contributed by atoms with Gasteiger partial charge < -0.3 is 10.1 Å². The van der Waals surface area contributed by atoms with E-state index in [1.54, 1.807) is 18.4 Å². The molecule has 27 heavy (non-hydrogen) atoms. The Labute approximate surface area is 164 Å². The molecule has 0 unspecified atom stereocenters. The fourth-order valence-corrected chi connectivity index (χ4v) is 3.83. The molecule has 0 bridgehead atoms. The highest BCUT2D eigenvalue weighted by atomic mass is 32.1. The van der Waals surface area contributed by atoms with Gasteiger partial charge >= 0.3 is 0 Å². The molecule has 3 aromatic rings. The Morgan fingerprint density at radius 3 is 2.67 bits per heavy atom. The van der Waals surface area contributed by atoms with Gasteiger partial charge in [0.1, 0.15) is 5.75 Å². The lowest BCUT2D eigenvalue weighted by atomic mass is 10.1. The molecule has 0 fully saturated rings. The largest absolute Gasteiger partial charge is 0.497 e. The first-order valence-electron chi connectivity index (χ1n) is 9.04. The summed E-state index contributed by atoms with van der Waals surface area (Å²) in [5.74, 6) is 0.889. The summed E-state index contributed by atoms with van der Waals surface area (Å²) in [6.45, 7) is 5.36. The van der Waals surface area contributed by atoms with Gasteiger partial charge in [-0.15, -0.1) is 0 Å². The Hall–Kier alpha value is -2.60.